The molecule has 2 atom stereocenters. The van der Waals surface area contributed by atoms with Crippen molar-refractivity contribution in [3.05, 3.63) is 11.8 Å². The first-order valence-corrected chi connectivity index (χ1v) is 5.19. The Hall–Kier alpha value is -0.110. The number of allylic oxidation sites excluding steroid dienone is 1. The summed E-state index contributed by atoms with van der Waals surface area (Å²) >= 11 is 2.19. The zero-order valence-corrected chi connectivity index (χ0v) is 7.69. The van der Waals surface area contributed by atoms with E-state index in [9.17, 15) is 0 Å². The van der Waals surface area contributed by atoms with Crippen LogP contribution < -0.4 is 0 Å². The van der Waals surface area contributed by atoms with Crippen LogP contribution in [0, 0.1) is 0 Å². The number of rotatable bonds is 1. The maximum Gasteiger partial charge on any atom is 0.0817 e. The molecule has 11 heavy (non-hydrogen) atoms. The number of methoxy groups -OCH3 is 1. The van der Waals surface area contributed by atoms with Gasteiger partial charge in [0.1, 0.15) is 0 Å². The van der Waals surface area contributed by atoms with Crippen LogP contribution in [0.15, 0.2) is 11.8 Å². The molecule has 0 aliphatic carbocycles. The Balaban J connectivity index is 2.02. The first-order chi connectivity index (χ1) is 5.38. The Bertz CT molecular complexity index is 162. The second-order valence-corrected chi connectivity index (χ2v) is 4.98. The summed E-state index contributed by atoms with van der Waals surface area (Å²) in [7, 11) is 1.75. The first kappa shape index (κ1) is 7.53. The maximum absolute atomic E-state index is 5.03. The summed E-state index contributed by atoms with van der Waals surface area (Å²) in [5.74, 6) is 0. The molecule has 2 unspecified atom stereocenters. The summed E-state index contributed by atoms with van der Waals surface area (Å²) in [6.45, 7) is 0. The lowest BCUT2D eigenvalue weighted by molar-refractivity contribution is 0.331. The minimum absolute atomic E-state index is 0.912. The highest BCUT2D eigenvalue weighted by Gasteiger charge is 2.31. The minimum atomic E-state index is 0.912. The average Bonchev–Trinajstić information content (AvgIpc) is 2.32. The molecule has 2 aliphatic rings. The van der Waals surface area contributed by atoms with Crippen LogP contribution in [0.3, 0.4) is 0 Å². The molecule has 0 N–H and O–H groups in total. The van der Waals surface area contributed by atoms with Crippen molar-refractivity contribution in [3.8, 4) is 0 Å². The third-order valence-electron chi connectivity index (χ3n) is 2.46. The van der Waals surface area contributed by atoms with Gasteiger partial charge in [-0.3, -0.25) is 0 Å². The van der Waals surface area contributed by atoms with Crippen molar-refractivity contribution in [2.24, 2.45) is 0 Å². The second kappa shape index (κ2) is 3.10. The van der Waals surface area contributed by atoms with Crippen LogP contribution in [0.1, 0.15) is 25.7 Å². The normalized spacial score (nSPS) is 35.5. The fraction of sp³-hybridized carbons (Fsp3) is 0.778. The summed E-state index contributed by atoms with van der Waals surface area (Å²) in [4.78, 5) is 0. The predicted molar refractivity (Wildman–Crippen MR) is 48.7 cm³/mol. The molecule has 2 aliphatic heterocycles. The van der Waals surface area contributed by atoms with Gasteiger partial charge < -0.3 is 4.74 Å². The number of thioether (sulfide) groups is 1. The van der Waals surface area contributed by atoms with Crippen LogP contribution in [-0.4, -0.2) is 17.6 Å². The van der Waals surface area contributed by atoms with Gasteiger partial charge in [0.2, 0.25) is 0 Å². The van der Waals surface area contributed by atoms with Crippen molar-refractivity contribution in [3.63, 3.8) is 0 Å². The van der Waals surface area contributed by atoms with Crippen molar-refractivity contribution in [1.29, 1.82) is 0 Å². The number of hydrogen-bond donors (Lipinski definition) is 0. The summed E-state index contributed by atoms with van der Waals surface area (Å²) in [5.41, 5.74) is 1.53. The molecule has 0 spiro atoms. The zero-order valence-electron chi connectivity index (χ0n) is 6.88. The average molecular weight is 170 g/mol. The molecule has 0 amide bonds. The fourth-order valence-corrected chi connectivity index (χ4v) is 3.72. The molecule has 2 saturated heterocycles. The lowest BCUT2D eigenvalue weighted by atomic mass is 10.1. The van der Waals surface area contributed by atoms with Crippen LogP contribution in [0.5, 0.6) is 0 Å². The highest BCUT2D eigenvalue weighted by Crippen LogP contribution is 2.45. The lowest BCUT2D eigenvalue weighted by Crippen LogP contribution is -2.09. The standard InChI is InChI=1S/C9H14OS/c1-10-6-7-4-8-2-3-9(5-7)11-8/h6,8-9H,2-5H2,1H3. The highest BCUT2D eigenvalue weighted by molar-refractivity contribution is 8.00. The molecule has 0 aromatic rings. The summed E-state index contributed by atoms with van der Waals surface area (Å²) in [5, 5.41) is 1.82. The van der Waals surface area contributed by atoms with Crippen molar-refractivity contribution in [1.82, 2.24) is 0 Å². The van der Waals surface area contributed by atoms with Crippen molar-refractivity contribution in [2.75, 3.05) is 7.11 Å². The molecule has 2 rings (SSSR count). The van der Waals surface area contributed by atoms with Gasteiger partial charge in [0.05, 0.1) is 13.4 Å². The van der Waals surface area contributed by atoms with E-state index in [1.165, 1.54) is 31.3 Å². The first-order valence-electron chi connectivity index (χ1n) is 4.24. The monoisotopic (exact) mass is 170 g/mol. The summed E-state index contributed by atoms with van der Waals surface area (Å²) in [6, 6.07) is 0. The van der Waals surface area contributed by atoms with E-state index in [1.54, 1.807) is 7.11 Å². The molecular weight excluding hydrogens is 156 g/mol. The Morgan fingerprint density at radius 2 is 2.00 bits per heavy atom. The molecule has 0 aromatic heterocycles. The third kappa shape index (κ3) is 1.56. The smallest absolute Gasteiger partial charge is 0.0817 e. The van der Waals surface area contributed by atoms with E-state index in [0.29, 0.717) is 0 Å². The van der Waals surface area contributed by atoms with Gasteiger partial charge in [0.15, 0.2) is 0 Å². The number of fused-ring (bicyclic) bond motifs is 2. The number of ether oxygens (including phenoxy) is 1. The molecule has 0 saturated carbocycles. The highest BCUT2D eigenvalue weighted by atomic mass is 32.2. The third-order valence-corrected chi connectivity index (χ3v) is 4.03. The van der Waals surface area contributed by atoms with Gasteiger partial charge >= 0.3 is 0 Å². The van der Waals surface area contributed by atoms with Crippen molar-refractivity contribution in [2.45, 2.75) is 36.2 Å². The molecule has 0 aromatic carbocycles. The van der Waals surface area contributed by atoms with Gasteiger partial charge in [0, 0.05) is 10.5 Å². The SMILES string of the molecule is COC=C1CC2CCC(C1)S2. The van der Waals surface area contributed by atoms with Crippen LogP contribution in [0.25, 0.3) is 0 Å². The molecule has 2 heterocycles. The zero-order chi connectivity index (χ0) is 7.68. The minimum Gasteiger partial charge on any atom is -0.504 e. The van der Waals surface area contributed by atoms with E-state index >= 15 is 0 Å². The second-order valence-electron chi connectivity index (χ2n) is 3.38. The van der Waals surface area contributed by atoms with Gasteiger partial charge in [-0.15, -0.1) is 0 Å². The van der Waals surface area contributed by atoms with Gasteiger partial charge in [-0.1, -0.05) is 0 Å². The molecular formula is C9H14OS. The molecule has 62 valence electrons. The van der Waals surface area contributed by atoms with E-state index in [-0.39, 0.29) is 0 Å². The maximum atomic E-state index is 5.03. The Morgan fingerprint density at radius 1 is 1.36 bits per heavy atom. The van der Waals surface area contributed by atoms with Crippen LogP contribution >= 0.6 is 11.8 Å². The lowest BCUT2D eigenvalue weighted by Gasteiger charge is -2.20. The summed E-state index contributed by atoms with van der Waals surface area (Å²) in [6.07, 6.45) is 7.35. The van der Waals surface area contributed by atoms with E-state index in [2.05, 4.69) is 11.8 Å². The van der Waals surface area contributed by atoms with Gasteiger partial charge in [-0.2, -0.15) is 11.8 Å². The predicted octanol–water partition coefficient (Wildman–Crippen LogP) is 2.57. The van der Waals surface area contributed by atoms with E-state index in [0.717, 1.165) is 10.5 Å². The van der Waals surface area contributed by atoms with Gasteiger partial charge in [-0.05, 0) is 31.3 Å². The molecule has 0 radical (unpaired) electrons. The molecule has 2 fully saturated rings. The van der Waals surface area contributed by atoms with E-state index < -0.39 is 0 Å². The van der Waals surface area contributed by atoms with Gasteiger partial charge in [0.25, 0.3) is 0 Å². The van der Waals surface area contributed by atoms with E-state index in [4.69, 9.17) is 4.74 Å². The molecule has 2 bridgehead atoms. The van der Waals surface area contributed by atoms with E-state index in [1.807, 2.05) is 6.26 Å². The summed E-state index contributed by atoms with van der Waals surface area (Å²) < 4.78 is 5.03. The fourth-order valence-electron chi connectivity index (χ4n) is 2.01. The Labute approximate surface area is 72.2 Å². The van der Waals surface area contributed by atoms with Crippen molar-refractivity contribution >= 4 is 11.8 Å². The quantitative estimate of drug-likeness (QED) is 0.559. The molecule has 2 heteroatoms. The Morgan fingerprint density at radius 3 is 2.55 bits per heavy atom. The largest absolute Gasteiger partial charge is 0.504 e. The number of hydrogen-bond acceptors (Lipinski definition) is 2. The van der Waals surface area contributed by atoms with Crippen LogP contribution in [0.2, 0.25) is 0 Å². The Kier molecular flexibility index (Phi) is 2.12. The molecule has 1 nitrogen and oxygen atoms in total. The van der Waals surface area contributed by atoms with Crippen LogP contribution in [0.4, 0.5) is 0 Å². The van der Waals surface area contributed by atoms with Crippen LogP contribution in [-0.2, 0) is 4.74 Å². The van der Waals surface area contributed by atoms with Gasteiger partial charge in [-0.25, -0.2) is 0 Å². The van der Waals surface area contributed by atoms with Crippen molar-refractivity contribution < 1.29 is 4.74 Å². The topological polar surface area (TPSA) is 9.23 Å².